The molecule has 4 nitrogen and oxygen atoms in total. The zero-order valence-corrected chi connectivity index (χ0v) is 10.3. The van der Waals surface area contributed by atoms with Crippen molar-refractivity contribution in [2.24, 2.45) is 0 Å². The highest BCUT2D eigenvalue weighted by Crippen LogP contribution is 2.21. The van der Waals surface area contributed by atoms with E-state index in [1.807, 2.05) is 37.3 Å². The van der Waals surface area contributed by atoms with Crippen LogP contribution in [0.5, 0.6) is 0 Å². The van der Waals surface area contributed by atoms with Crippen molar-refractivity contribution in [2.45, 2.75) is 19.1 Å². The minimum Gasteiger partial charge on any atom is -0.359 e. The van der Waals surface area contributed by atoms with Gasteiger partial charge in [-0.05, 0) is 17.7 Å². The second-order valence-corrected chi connectivity index (χ2v) is 3.66. The van der Waals surface area contributed by atoms with Gasteiger partial charge >= 0.3 is 0 Å². The summed E-state index contributed by atoms with van der Waals surface area (Å²) in [6.07, 6.45) is 0.673. The highest BCUT2D eigenvalue weighted by molar-refractivity contribution is 5.16. The Balaban J connectivity index is 2.81. The lowest BCUT2D eigenvalue weighted by atomic mass is 10.0. The molecule has 0 N–H and O–H groups in total. The van der Waals surface area contributed by atoms with Crippen LogP contribution in [0.25, 0.3) is 0 Å². The summed E-state index contributed by atoms with van der Waals surface area (Å²) in [4.78, 5) is 10.2. The summed E-state index contributed by atoms with van der Waals surface area (Å²) in [6, 6.07) is 10.1. The highest BCUT2D eigenvalue weighted by atomic mass is 17.0. The quantitative estimate of drug-likeness (QED) is 0.547. The second-order valence-electron chi connectivity index (χ2n) is 3.66. The SMILES string of the molecule is CON(OC)C(C)(Cc1ccccc1)OC. The molecule has 16 heavy (non-hydrogen) atoms. The van der Waals surface area contributed by atoms with E-state index in [0.29, 0.717) is 6.42 Å². The number of hydroxylamine groups is 2. The molecule has 0 heterocycles. The molecule has 0 aliphatic rings. The summed E-state index contributed by atoms with van der Waals surface area (Å²) in [5.41, 5.74) is 0.510. The van der Waals surface area contributed by atoms with Crippen molar-refractivity contribution in [2.75, 3.05) is 21.3 Å². The number of nitrogens with zero attached hydrogens (tertiary/aromatic N) is 1. The smallest absolute Gasteiger partial charge is 0.171 e. The zero-order valence-electron chi connectivity index (χ0n) is 10.3. The molecule has 4 heteroatoms. The van der Waals surface area contributed by atoms with Crippen molar-refractivity contribution in [3.05, 3.63) is 35.9 Å². The Morgan fingerprint density at radius 1 is 1.06 bits per heavy atom. The summed E-state index contributed by atoms with van der Waals surface area (Å²) in [5.74, 6) is 0. The number of hydrogen-bond donors (Lipinski definition) is 0. The number of methoxy groups -OCH3 is 1. The molecule has 0 spiro atoms. The zero-order chi connectivity index (χ0) is 12.0. The third-order valence-corrected chi connectivity index (χ3v) is 2.53. The lowest BCUT2D eigenvalue weighted by molar-refractivity contribution is -0.434. The van der Waals surface area contributed by atoms with Crippen LogP contribution in [0.1, 0.15) is 12.5 Å². The maximum Gasteiger partial charge on any atom is 0.171 e. The summed E-state index contributed by atoms with van der Waals surface area (Å²) >= 11 is 0. The lowest BCUT2D eigenvalue weighted by Crippen LogP contribution is -2.48. The van der Waals surface area contributed by atoms with E-state index in [-0.39, 0.29) is 0 Å². The first-order valence-corrected chi connectivity index (χ1v) is 5.14. The maximum absolute atomic E-state index is 5.46. The largest absolute Gasteiger partial charge is 0.359 e. The van der Waals surface area contributed by atoms with Crippen LogP contribution in [0.15, 0.2) is 30.3 Å². The number of ether oxygens (including phenoxy) is 1. The van der Waals surface area contributed by atoms with E-state index in [2.05, 4.69) is 0 Å². The van der Waals surface area contributed by atoms with Gasteiger partial charge in [0.25, 0.3) is 0 Å². The molecular formula is C12H19NO3. The van der Waals surface area contributed by atoms with Crippen LogP contribution in [-0.2, 0) is 20.8 Å². The van der Waals surface area contributed by atoms with Crippen molar-refractivity contribution >= 4 is 0 Å². The molecule has 90 valence electrons. The summed E-state index contributed by atoms with van der Waals surface area (Å²) in [7, 11) is 4.73. The molecule has 0 aliphatic heterocycles. The molecule has 1 unspecified atom stereocenters. The van der Waals surface area contributed by atoms with Gasteiger partial charge in [-0.3, -0.25) is 9.68 Å². The normalized spacial score (nSPS) is 15.1. The monoisotopic (exact) mass is 225 g/mol. The van der Waals surface area contributed by atoms with Crippen LogP contribution in [0.4, 0.5) is 0 Å². The lowest BCUT2D eigenvalue weighted by Gasteiger charge is -2.35. The fourth-order valence-corrected chi connectivity index (χ4v) is 1.65. The van der Waals surface area contributed by atoms with Gasteiger partial charge in [-0.2, -0.15) is 0 Å². The van der Waals surface area contributed by atoms with Crippen molar-refractivity contribution in [3.63, 3.8) is 0 Å². The van der Waals surface area contributed by atoms with Crippen molar-refractivity contribution in [1.82, 2.24) is 5.23 Å². The minimum absolute atomic E-state index is 0.648. The van der Waals surface area contributed by atoms with Crippen LogP contribution in [0.3, 0.4) is 0 Å². The molecule has 0 fully saturated rings. The number of rotatable bonds is 6. The Kier molecular flexibility index (Phi) is 4.89. The maximum atomic E-state index is 5.46. The van der Waals surface area contributed by atoms with Crippen LogP contribution in [-0.4, -0.2) is 32.3 Å². The van der Waals surface area contributed by atoms with Crippen LogP contribution in [0.2, 0.25) is 0 Å². The van der Waals surface area contributed by atoms with Gasteiger partial charge in [0.1, 0.15) is 0 Å². The molecule has 1 aromatic carbocycles. The fraction of sp³-hybridized carbons (Fsp3) is 0.500. The Morgan fingerprint density at radius 2 is 1.62 bits per heavy atom. The molecule has 1 aromatic rings. The molecule has 0 saturated heterocycles. The van der Waals surface area contributed by atoms with Crippen molar-refractivity contribution in [3.8, 4) is 0 Å². The highest BCUT2D eigenvalue weighted by Gasteiger charge is 2.33. The van der Waals surface area contributed by atoms with Gasteiger partial charge in [-0.1, -0.05) is 30.3 Å². The molecule has 1 rings (SSSR count). The molecule has 1 atom stereocenters. The number of hydrogen-bond acceptors (Lipinski definition) is 4. The van der Waals surface area contributed by atoms with Gasteiger partial charge in [0.15, 0.2) is 5.72 Å². The average molecular weight is 225 g/mol. The van der Waals surface area contributed by atoms with Gasteiger partial charge in [0.2, 0.25) is 0 Å². The fourth-order valence-electron chi connectivity index (χ4n) is 1.65. The molecule has 0 aliphatic carbocycles. The van der Waals surface area contributed by atoms with Crippen LogP contribution >= 0.6 is 0 Å². The first-order valence-electron chi connectivity index (χ1n) is 5.14. The first-order chi connectivity index (χ1) is 7.66. The van der Waals surface area contributed by atoms with E-state index in [1.165, 1.54) is 5.23 Å². The predicted molar refractivity (Wildman–Crippen MR) is 61.4 cm³/mol. The van der Waals surface area contributed by atoms with Gasteiger partial charge in [-0.25, -0.2) is 0 Å². The van der Waals surface area contributed by atoms with Crippen molar-refractivity contribution < 1.29 is 14.4 Å². The van der Waals surface area contributed by atoms with Crippen LogP contribution < -0.4 is 0 Å². The van der Waals surface area contributed by atoms with E-state index in [1.54, 1.807) is 21.3 Å². The van der Waals surface area contributed by atoms with Crippen LogP contribution in [0, 0.1) is 0 Å². The number of benzene rings is 1. The second kappa shape index (κ2) is 5.96. The Hall–Kier alpha value is -0.940. The van der Waals surface area contributed by atoms with Gasteiger partial charge in [0, 0.05) is 13.5 Å². The van der Waals surface area contributed by atoms with Crippen molar-refractivity contribution in [1.29, 1.82) is 0 Å². The standard InChI is InChI=1S/C12H19NO3/c1-12(14-2,13(15-3)16-4)10-11-8-6-5-7-9-11/h5-9H,10H2,1-4H3. The van der Waals surface area contributed by atoms with E-state index in [4.69, 9.17) is 14.4 Å². The summed E-state index contributed by atoms with van der Waals surface area (Å²) < 4.78 is 5.46. The van der Waals surface area contributed by atoms with E-state index in [0.717, 1.165) is 5.56 Å². The van der Waals surface area contributed by atoms with Gasteiger partial charge < -0.3 is 4.74 Å². The molecule has 0 aromatic heterocycles. The van der Waals surface area contributed by atoms with E-state index in [9.17, 15) is 0 Å². The summed E-state index contributed by atoms with van der Waals surface area (Å²) in [6.45, 7) is 1.91. The predicted octanol–water partition coefficient (Wildman–Crippen LogP) is 2.02. The third-order valence-electron chi connectivity index (χ3n) is 2.53. The Labute approximate surface area is 96.6 Å². The average Bonchev–Trinajstić information content (AvgIpc) is 2.32. The molecule has 0 radical (unpaired) electrons. The third kappa shape index (κ3) is 3.02. The Morgan fingerprint density at radius 3 is 2.06 bits per heavy atom. The molecular weight excluding hydrogens is 206 g/mol. The summed E-state index contributed by atoms with van der Waals surface area (Å²) in [5, 5.41) is 1.35. The van der Waals surface area contributed by atoms with Gasteiger partial charge in [0.05, 0.1) is 14.2 Å². The molecule has 0 saturated carbocycles. The molecule has 0 amide bonds. The first kappa shape index (κ1) is 13.1. The van der Waals surface area contributed by atoms with Gasteiger partial charge in [-0.15, -0.1) is 0 Å². The topological polar surface area (TPSA) is 30.9 Å². The molecule has 0 bridgehead atoms. The van der Waals surface area contributed by atoms with E-state index >= 15 is 0 Å². The minimum atomic E-state index is -0.648. The van der Waals surface area contributed by atoms with E-state index < -0.39 is 5.72 Å². The Bertz CT molecular complexity index is 300.